The van der Waals surface area contributed by atoms with Crippen molar-refractivity contribution < 1.29 is 23.4 Å². The lowest BCUT2D eigenvalue weighted by molar-refractivity contribution is -0.00943. The molecule has 0 spiro atoms. The summed E-state index contributed by atoms with van der Waals surface area (Å²) < 4.78 is 31.0. The Bertz CT molecular complexity index is 1440. The summed E-state index contributed by atoms with van der Waals surface area (Å²) in [7, 11) is 1.97. The highest BCUT2D eigenvalue weighted by atomic mass is 19.1. The van der Waals surface area contributed by atoms with Gasteiger partial charge in [-0.3, -0.25) is 0 Å². The lowest BCUT2D eigenvalue weighted by Gasteiger charge is -2.37. The van der Waals surface area contributed by atoms with Crippen molar-refractivity contribution in [3.8, 4) is 5.88 Å². The van der Waals surface area contributed by atoms with E-state index in [2.05, 4.69) is 30.4 Å². The molecule has 1 aliphatic rings. The third-order valence-electron chi connectivity index (χ3n) is 6.83. The minimum absolute atomic E-state index is 0.221. The number of piperidine rings is 1. The Morgan fingerprint density at radius 2 is 1.82 bits per heavy atom. The van der Waals surface area contributed by atoms with Gasteiger partial charge in [-0.2, -0.15) is 4.98 Å². The molecule has 3 heterocycles. The summed E-state index contributed by atoms with van der Waals surface area (Å²) in [5, 5.41) is 0. The molecular formula is C29H33FN6O4. The van der Waals surface area contributed by atoms with Gasteiger partial charge in [0.15, 0.2) is 0 Å². The van der Waals surface area contributed by atoms with Gasteiger partial charge in [0.1, 0.15) is 5.82 Å². The first-order valence-electron chi connectivity index (χ1n) is 13.3. The number of para-hydroxylation sites is 2. The lowest BCUT2D eigenvalue weighted by atomic mass is 10.0. The van der Waals surface area contributed by atoms with Crippen molar-refractivity contribution in [3.63, 3.8) is 0 Å². The molecule has 1 saturated heterocycles. The molecule has 11 heteroatoms. The number of anilines is 2. The maximum atomic E-state index is 13.5. The minimum Gasteiger partial charge on any atom is -0.440 e. The zero-order valence-corrected chi connectivity index (χ0v) is 22.9. The molecule has 0 aliphatic carbocycles. The molecule has 4 aromatic rings. The first kappa shape index (κ1) is 27.2. The molecule has 0 amide bonds. The number of ether oxygens (including phenoxy) is 3. The number of hydrogen-bond acceptors (Lipinski definition) is 9. The smallest absolute Gasteiger partial charge is 0.440 e. The van der Waals surface area contributed by atoms with Gasteiger partial charge >= 0.3 is 6.16 Å². The molecule has 40 heavy (non-hydrogen) atoms. The Hall–Kier alpha value is -4.41. The van der Waals surface area contributed by atoms with Crippen LogP contribution in [0.25, 0.3) is 11.0 Å². The molecule has 1 aliphatic heterocycles. The van der Waals surface area contributed by atoms with E-state index in [1.165, 1.54) is 12.1 Å². The lowest BCUT2D eigenvalue weighted by Crippen LogP contribution is -2.44. The van der Waals surface area contributed by atoms with Gasteiger partial charge in [-0.15, -0.1) is 0 Å². The number of benzene rings is 2. The number of hydrogen-bond donors (Lipinski definition) is 0. The average molecular weight is 549 g/mol. The maximum absolute atomic E-state index is 13.5. The quantitative estimate of drug-likeness (QED) is 0.211. The molecule has 2 aromatic carbocycles. The first-order valence-corrected chi connectivity index (χ1v) is 13.3. The Morgan fingerprint density at radius 3 is 2.58 bits per heavy atom. The zero-order chi connectivity index (χ0) is 28.1. The van der Waals surface area contributed by atoms with E-state index >= 15 is 0 Å². The van der Waals surface area contributed by atoms with Crippen molar-refractivity contribution in [3.05, 3.63) is 72.2 Å². The monoisotopic (exact) mass is 548 g/mol. The molecule has 2 aromatic heterocycles. The number of rotatable bonds is 9. The van der Waals surface area contributed by atoms with Gasteiger partial charge in [0.2, 0.25) is 24.6 Å². The van der Waals surface area contributed by atoms with Crippen LogP contribution in [0.2, 0.25) is 0 Å². The third kappa shape index (κ3) is 6.41. The van der Waals surface area contributed by atoms with Crippen molar-refractivity contribution >= 4 is 29.1 Å². The Balaban J connectivity index is 1.23. The van der Waals surface area contributed by atoms with Gasteiger partial charge in [0, 0.05) is 38.4 Å². The van der Waals surface area contributed by atoms with E-state index < -0.39 is 6.16 Å². The molecule has 210 valence electrons. The summed E-state index contributed by atoms with van der Waals surface area (Å²) in [6, 6.07) is 16.5. The van der Waals surface area contributed by atoms with E-state index in [0.717, 1.165) is 48.5 Å². The van der Waals surface area contributed by atoms with Crippen LogP contribution in [-0.4, -0.2) is 64.8 Å². The van der Waals surface area contributed by atoms with Gasteiger partial charge in [0.25, 0.3) is 0 Å². The number of aromatic nitrogens is 4. The van der Waals surface area contributed by atoms with Crippen LogP contribution in [0.4, 0.5) is 21.1 Å². The predicted octanol–water partition coefficient (Wildman–Crippen LogP) is 5.02. The highest BCUT2D eigenvalue weighted by Crippen LogP contribution is 2.28. The normalized spacial score (nSPS) is 14.0. The fourth-order valence-corrected chi connectivity index (χ4v) is 4.80. The molecular weight excluding hydrogens is 515 g/mol. The Kier molecular flexibility index (Phi) is 8.28. The van der Waals surface area contributed by atoms with Crippen LogP contribution >= 0.6 is 0 Å². The van der Waals surface area contributed by atoms with Gasteiger partial charge in [0.05, 0.1) is 23.7 Å². The number of carbonyl (C=O) groups excluding carboxylic acids is 1. The van der Waals surface area contributed by atoms with Crippen LogP contribution in [0.1, 0.15) is 32.3 Å². The van der Waals surface area contributed by atoms with E-state index in [1.54, 1.807) is 26.1 Å². The molecule has 0 radical (unpaired) electrons. The van der Waals surface area contributed by atoms with Crippen LogP contribution in [0, 0.1) is 5.82 Å². The van der Waals surface area contributed by atoms with Gasteiger partial charge in [-0.1, -0.05) is 24.3 Å². The summed E-state index contributed by atoms with van der Waals surface area (Å²) in [6.07, 6.45) is 2.32. The van der Waals surface area contributed by atoms with Crippen molar-refractivity contribution in [2.75, 3.05) is 36.7 Å². The fraction of sp³-hybridized carbons (Fsp3) is 0.379. The number of imidazole rings is 1. The summed E-state index contributed by atoms with van der Waals surface area (Å²) in [4.78, 5) is 29.8. The van der Waals surface area contributed by atoms with Crippen molar-refractivity contribution in [2.24, 2.45) is 0 Å². The highest BCUT2D eigenvalue weighted by molar-refractivity contribution is 5.79. The number of halogens is 1. The zero-order valence-electron chi connectivity index (χ0n) is 22.9. The SMILES string of the molecule is CC(C)OC(=O)OCOc1ccnc(N(C)C2CCN(c3nc4ccccc4n3Cc3ccc(F)cc3)CC2)n1. The third-order valence-corrected chi connectivity index (χ3v) is 6.83. The van der Waals surface area contributed by atoms with E-state index in [0.29, 0.717) is 18.4 Å². The van der Waals surface area contributed by atoms with Crippen LogP contribution in [0.5, 0.6) is 5.88 Å². The van der Waals surface area contributed by atoms with Crippen LogP contribution in [0.15, 0.2) is 60.8 Å². The number of nitrogens with zero attached hydrogens (tertiary/aromatic N) is 6. The van der Waals surface area contributed by atoms with Gasteiger partial charge in [-0.05, 0) is 56.5 Å². The molecule has 0 unspecified atom stereocenters. The maximum Gasteiger partial charge on any atom is 0.511 e. The van der Waals surface area contributed by atoms with E-state index in [4.69, 9.17) is 19.2 Å². The topological polar surface area (TPSA) is 94.8 Å². The van der Waals surface area contributed by atoms with E-state index in [-0.39, 0.29) is 24.8 Å². The summed E-state index contributed by atoms with van der Waals surface area (Å²) in [5.74, 6) is 1.51. The number of fused-ring (bicyclic) bond motifs is 1. The predicted molar refractivity (Wildman–Crippen MR) is 149 cm³/mol. The number of carbonyl (C=O) groups is 1. The van der Waals surface area contributed by atoms with Gasteiger partial charge < -0.3 is 28.6 Å². The van der Waals surface area contributed by atoms with Crippen LogP contribution in [-0.2, 0) is 16.0 Å². The Morgan fingerprint density at radius 1 is 1.07 bits per heavy atom. The van der Waals surface area contributed by atoms with Crippen LogP contribution in [0.3, 0.4) is 0 Å². The summed E-state index contributed by atoms with van der Waals surface area (Å²) in [5.41, 5.74) is 3.00. The molecule has 10 nitrogen and oxygen atoms in total. The van der Waals surface area contributed by atoms with E-state index in [9.17, 15) is 9.18 Å². The molecule has 1 fully saturated rings. The van der Waals surface area contributed by atoms with Crippen LogP contribution < -0.4 is 14.5 Å². The summed E-state index contributed by atoms with van der Waals surface area (Å²) in [6.45, 7) is 5.40. The summed E-state index contributed by atoms with van der Waals surface area (Å²) >= 11 is 0. The molecule has 0 N–H and O–H groups in total. The van der Waals surface area contributed by atoms with E-state index in [1.807, 2.05) is 37.4 Å². The molecule has 0 atom stereocenters. The van der Waals surface area contributed by atoms with Crippen molar-refractivity contribution in [2.45, 2.75) is 45.4 Å². The fourth-order valence-electron chi connectivity index (χ4n) is 4.80. The highest BCUT2D eigenvalue weighted by Gasteiger charge is 2.27. The second-order valence-electron chi connectivity index (χ2n) is 9.96. The molecule has 0 bridgehead atoms. The minimum atomic E-state index is -0.792. The van der Waals surface area contributed by atoms with Gasteiger partial charge in [-0.25, -0.2) is 19.2 Å². The standard InChI is InChI=1S/C29H33FN6O4/c1-20(2)40-29(37)39-19-38-26-12-15-31-27(33-26)34(3)23-13-16-35(17-14-23)28-32-24-6-4-5-7-25(24)36(28)18-21-8-10-22(30)11-9-21/h4-12,15,20,23H,13-14,16-19H2,1-3H3. The van der Waals surface area contributed by atoms with Crippen molar-refractivity contribution in [1.82, 2.24) is 19.5 Å². The largest absolute Gasteiger partial charge is 0.511 e. The molecule has 0 saturated carbocycles. The first-order chi connectivity index (χ1) is 19.4. The van der Waals surface area contributed by atoms with Crippen molar-refractivity contribution in [1.29, 1.82) is 0 Å². The second kappa shape index (κ2) is 12.2. The average Bonchev–Trinajstić information content (AvgIpc) is 3.32. The molecule has 5 rings (SSSR count). The second-order valence-corrected chi connectivity index (χ2v) is 9.96. The Labute approximate surface area is 232 Å².